The highest BCUT2D eigenvalue weighted by molar-refractivity contribution is 7.18. The van der Waals surface area contributed by atoms with Gasteiger partial charge in [-0.1, -0.05) is 17.7 Å². The van der Waals surface area contributed by atoms with Crippen LogP contribution in [0.4, 0.5) is 0 Å². The van der Waals surface area contributed by atoms with Crippen molar-refractivity contribution < 1.29 is 4.74 Å². The van der Waals surface area contributed by atoms with Crippen LogP contribution in [0.25, 0.3) is 20.7 Å². The van der Waals surface area contributed by atoms with Crippen LogP contribution < -0.4 is 0 Å². The zero-order chi connectivity index (χ0) is 14.7. The third-order valence-electron chi connectivity index (χ3n) is 2.84. The lowest BCUT2D eigenvalue weighted by atomic mass is 10.2. The second-order valence-corrected chi connectivity index (χ2v) is 6.41. The van der Waals surface area contributed by atoms with Gasteiger partial charge in [-0.15, -0.1) is 35.0 Å². The molecule has 0 spiro atoms. The van der Waals surface area contributed by atoms with Crippen molar-refractivity contribution in [3.05, 3.63) is 33.9 Å². The summed E-state index contributed by atoms with van der Waals surface area (Å²) in [7, 11) is 0. The van der Waals surface area contributed by atoms with E-state index in [1.54, 1.807) is 22.7 Å². The number of halogens is 1. The van der Waals surface area contributed by atoms with Gasteiger partial charge < -0.3 is 4.74 Å². The van der Waals surface area contributed by atoms with Gasteiger partial charge in [0.15, 0.2) is 5.82 Å². The molecular weight excluding hydrogens is 324 g/mol. The molecule has 3 nitrogen and oxygen atoms in total. The van der Waals surface area contributed by atoms with E-state index in [1.165, 1.54) is 4.88 Å². The Hall–Kier alpha value is -1.45. The highest BCUT2D eigenvalue weighted by atomic mass is 35.5. The fourth-order valence-corrected chi connectivity index (χ4v) is 4.04. The first kappa shape index (κ1) is 14.5. The monoisotopic (exact) mass is 334 g/mol. The molecule has 106 valence electrons. The summed E-state index contributed by atoms with van der Waals surface area (Å²) in [4.78, 5) is 10.9. The van der Waals surface area contributed by atoms with Gasteiger partial charge in [0.25, 0.3) is 0 Å². The summed E-state index contributed by atoms with van der Waals surface area (Å²) in [5.74, 6) is 3.11. The highest BCUT2D eigenvalue weighted by Gasteiger charge is 2.14. The molecule has 0 N–H and O–H groups in total. The Morgan fingerprint density at radius 2 is 2.24 bits per heavy atom. The lowest BCUT2D eigenvalue weighted by Gasteiger charge is -2.03. The maximum absolute atomic E-state index is 6.34. The van der Waals surface area contributed by atoms with Gasteiger partial charge >= 0.3 is 0 Å². The molecule has 0 amide bonds. The largest absolute Gasteiger partial charge is 0.372 e. The summed E-state index contributed by atoms with van der Waals surface area (Å²) >= 11 is 9.58. The smallest absolute Gasteiger partial charge is 0.157 e. The van der Waals surface area contributed by atoms with Crippen LogP contribution in [0.1, 0.15) is 12.2 Å². The van der Waals surface area contributed by atoms with E-state index >= 15 is 0 Å². The van der Waals surface area contributed by atoms with E-state index in [9.17, 15) is 0 Å². The molecule has 0 saturated heterocycles. The lowest BCUT2D eigenvalue weighted by molar-refractivity contribution is 0.121. The molecule has 0 atom stereocenters. The Morgan fingerprint density at radius 3 is 3.00 bits per heavy atom. The van der Waals surface area contributed by atoms with Crippen LogP contribution in [0.2, 0.25) is 5.15 Å². The standard InChI is InChI=1S/C15H11ClN2OS2/c1-2-3-6-19-8-12-17-14(16)13-10(9-21-15(13)18-12)11-5-4-7-20-11/h1,4-5,7,9H,3,6,8H2. The Kier molecular flexibility index (Phi) is 4.51. The van der Waals surface area contributed by atoms with Gasteiger partial charge in [0.05, 0.1) is 12.0 Å². The Labute approximate surface area is 135 Å². The molecule has 0 bridgehead atoms. The second-order valence-electron chi connectivity index (χ2n) is 4.24. The van der Waals surface area contributed by atoms with Crippen molar-refractivity contribution in [2.75, 3.05) is 6.61 Å². The number of thiophene rings is 2. The number of nitrogens with zero attached hydrogens (tertiary/aromatic N) is 2. The zero-order valence-corrected chi connectivity index (χ0v) is 13.4. The summed E-state index contributed by atoms with van der Waals surface area (Å²) in [6.07, 6.45) is 5.76. The summed E-state index contributed by atoms with van der Waals surface area (Å²) in [6.45, 7) is 0.823. The molecule has 0 aliphatic heterocycles. The van der Waals surface area contributed by atoms with Crippen LogP contribution in [0.15, 0.2) is 22.9 Å². The predicted molar refractivity (Wildman–Crippen MR) is 88.8 cm³/mol. The van der Waals surface area contributed by atoms with E-state index < -0.39 is 0 Å². The van der Waals surface area contributed by atoms with Crippen molar-refractivity contribution in [3.63, 3.8) is 0 Å². The molecule has 0 radical (unpaired) electrons. The second kappa shape index (κ2) is 6.54. The molecule has 6 heteroatoms. The van der Waals surface area contributed by atoms with Gasteiger partial charge in [-0.3, -0.25) is 0 Å². The minimum atomic E-state index is 0.323. The first-order chi connectivity index (χ1) is 10.3. The van der Waals surface area contributed by atoms with Gasteiger partial charge in [-0.05, 0) is 11.4 Å². The molecule has 0 fully saturated rings. The summed E-state index contributed by atoms with van der Waals surface area (Å²) in [5.41, 5.74) is 1.09. The number of hydrogen-bond acceptors (Lipinski definition) is 5. The number of rotatable bonds is 5. The van der Waals surface area contributed by atoms with Gasteiger partial charge in [0.2, 0.25) is 0 Å². The van der Waals surface area contributed by atoms with Crippen molar-refractivity contribution in [1.82, 2.24) is 9.97 Å². The highest BCUT2D eigenvalue weighted by Crippen LogP contribution is 2.38. The third kappa shape index (κ3) is 3.09. The average molecular weight is 335 g/mol. The van der Waals surface area contributed by atoms with Crippen molar-refractivity contribution in [2.45, 2.75) is 13.0 Å². The van der Waals surface area contributed by atoms with Crippen LogP contribution in [-0.4, -0.2) is 16.6 Å². The predicted octanol–water partition coefficient (Wildman–Crippen LogP) is 4.61. The molecule has 3 heterocycles. The van der Waals surface area contributed by atoms with Crippen molar-refractivity contribution in [1.29, 1.82) is 0 Å². The fraction of sp³-hybridized carbons (Fsp3) is 0.200. The SMILES string of the molecule is C#CCCOCc1nc(Cl)c2c(-c3cccs3)csc2n1. The molecule has 0 saturated carbocycles. The first-order valence-corrected chi connectivity index (χ1v) is 8.42. The average Bonchev–Trinajstić information content (AvgIpc) is 3.12. The summed E-state index contributed by atoms with van der Waals surface area (Å²) in [6, 6.07) is 4.09. The van der Waals surface area contributed by atoms with Gasteiger partial charge in [0.1, 0.15) is 16.6 Å². The van der Waals surface area contributed by atoms with Crippen LogP contribution in [-0.2, 0) is 11.3 Å². The molecule has 3 rings (SSSR count). The van der Waals surface area contributed by atoms with E-state index in [0.717, 1.165) is 15.8 Å². The van der Waals surface area contributed by atoms with E-state index in [2.05, 4.69) is 27.3 Å². The zero-order valence-electron chi connectivity index (χ0n) is 11.0. The summed E-state index contributed by atoms with van der Waals surface area (Å²) in [5, 5.41) is 5.50. The Bertz CT molecular complexity index is 790. The molecule has 3 aromatic rings. The van der Waals surface area contributed by atoms with Gasteiger partial charge in [-0.25, -0.2) is 9.97 Å². The maximum atomic E-state index is 6.34. The molecular formula is C15H11ClN2OS2. The summed E-state index contributed by atoms with van der Waals surface area (Å²) < 4.78 is 5.42. The molecule has 21 heavy (non-hydrogen) atoms. The van der Waals surface area contributed by atoms with E-state index in [-0.39, 0.29) is 0 Å². The van der Waals surface area contributed by atoms with Crippen molar-refractivity contribution >= 4 is 44.5 Å². The number of ether oxygens (including phenoxy) is 1. The first-order valence-electron chi connectivity index (χ1n) is 6.28. The van der Waals surface area contributed by atoms with Crippen molar-refractivity contribution in [2.24, 2.45) is 0 Å². The number of terminal acetylenes is 1. The molecule has 0 aromatic carbocycles. The Morgan fingerprint density at radius 1 is 1.33 bits per heavy atom. The van der Waals surface area contributed by atoms with Gasteiger partial charge in [0, 0.05) is 22.2 Å². The Balaban J connectivity index is 1.90. The van der Waals surface area contributed by atoms with Crippen LogP contribution in [0.5, 0.6) is 0 Å². The molecule has 0 unspecified atom stereocenters. The van der Waals surface area contributed by atoms with Crippen LogP contribution in [0.3, 0.4) is 0 Å². The number of hydrogen-bond donors (Lipinski definition) is 0. The van der Waals surface area contributed by atoms with Crippen molar-refractivity contribution in [3.8, 4) is 22.8 Å². The van der Waals surface area contributed by atoms with E-state index in [4.69, 9.17) is 22.8 Å². The van der Waals surface area contributed by atoms with E-state index in [0.29, 0.717) is 30.6 Å². The van der Waals surface area contributed by atoms with Crippen LogP contribution >= 0.6 is 34.3 Å². The van der Waals surface area contributed by atoms with Crippen LogP contribution in [0, 0.1) is 12.3 Å². The van der Waals surface area contributed by atoms with Gasteiger partial charge in [-0.2, -0.15) is 0 Å². The number of fused-ring (bicyclic) bond motifs is 1. The fourth-order valence-electron chi connectivity index (χ4n) is 1.91. The molecule has 0 aliphatic carbocycles. The normalized spacial score (nSPS) is 10.9. The third-order valence-corrected chi connectivity index (χ3v) is 4.89. The topological polar surface area (TPSA) is 35.0 Å². The minimum absolute atomic E-state index is 0.323. The molecule has 3 aromatic heterocycles. The number of aromatic nitrogens is 2. The van der Waals surface area contributed by atoms with E-state index in [1.807, 2.05) is 11.4 Å². The minimum Gasteiger partial charge on any atom is -0.372 e. The maximum Gasteiger partial charge on any atom is 0.157 e. The molecule has 0 aliphatic rings. The quantitative estimate of drug-likeness (QED) is 0.388. The lowest BCUT2D eigenvalue weighted by Crippen LogP contribution is -2.00.